The molecule has 1 rings (SSSR count). The summed E-state index contributed by atoms with van der Waals surface area (Å²) in [5, 5.41) is 0.631. The lowest BCUT2D eigenvalue weighted by atomic mass is 9.82. The predicted molar refractivity (Wildman–Crippen MR) is 81.4 cm³/mol. The highest BCUT2D eigenvalue weighted by molar-refractivity contribution is 9.10. The molecule has 17 heavy (non-hydrogen) atoms. The summed E-state index contributed by atoms with van der Waals surface area (Å²) in [5.41, 5.74) is 0.184. The molecule has 0 aromatic heterocycles. The standard InChI is InChI=1S/C13H18BrClOS/c1-13(2,3)9(8-17)7-16-12-5-4-10(14)6-11(12)15/h4-6,9,17H,7-8H2,1-3H3. The minimum atomic E-state index is 0.184. The number of thiol groups is 1. The van der Waals surface area contributed by atoms with Gasteiger partial charge in [-0.1, -0.05) is 48.3 Å². The topological polar surface area (TPSA) is 9.23 Å². The summed E-state index contributed by atoms with van der Waals surface area (Å²) in [7, 11) is 0. The van der Waals surface area contributed by atoms with Crippen LogP contribution in [0.15, 0.2) is 22.7 Å². The molecule has 0 bridgehead atoms. The molecule has 1 nitrogen and oxygen atoms in total. The number of ether oxygens (including phenoxy) is 1. The zero-order chi connectivity index (χ0) is 13.1. The Hall–Kier alpha value is 0.140. The summed E-state index contributed by atoms with van der Waals surface area (Å²) >= 11 is 13.8. The molecule has 0 saturated carbocycles. The van der Waals surface area contributed by atoms with E-state index in [1.807, 2.05) is 18.2 Å². The summed E-state index contributed by atoms with van der Waals surface area (Å²) in [6, 6.07) is 5.64. The first kappa shape index (κ1) is 15.2. The number of halogens is 2. The lowest BCUT2D eigenvalue weighted by molar-refractivity contribution is 0.165. The van der Waals surface area contributed by atoms with Gasteiger partial charge in [-0.2, -0.15) is 12.6 Å². The fourth-order valence-electron chi connectivity index (χ4n) is 1.36. The van der Waals surface area contributed by atoms with E-state index in [2.05, 4.69) is 49.3 Å². The van der Waals surface area contributed by atoms with E-state index in [4.69, 9.17) is 16.3 Å². The smallest absolute Gasteiger partial charge is 0.137 e. The highest BCUT2D eigenvalue weighted by Crippen LogP contribution is 2.31. The Morgan fingerprint density at radius 1 is 1.41 bits per heavy atom. The number of benzene rings is 1. The van der Waals surface area contributed by atoms with Crippen molar-refractivity contribution in [1.29, 1.82) is 0 Å². The molecule has 4 heteroatoms. The molecule has 0 aliphatic carbocycles. The lowest BCUT2D eigenvalue weighted by Gasteiger charge is -2.29. The van der Waals surface area contributed by atoms with Gasteiger partial charge in [-0.3, -0.25) is 0 Å². The van der Waals surface area contributed by atoms with E-state index in [-0.39, 0.29) is 5.41 Å². The number of hydrogen-bond donors (Lipinski definition) is 1. The average Bonchev–Trinajstić information content (AvgIpc) is 2.19. The van der Waals surface area contributed by atoms with E-state index in [1.165, 1.54) is 0 Å². The van der Waals surface area contributed by atoms with Gasteiger partial charge in [0.05, 0.1) is 11.6 Å². The monoisotopic (exact) mass is 336 g/mol. The average molecular weight is 338 g/mol. The first-order valence-corrected chi connectivity index (χ1v) is 7.33. The van der Waals surface area contributed by atoms with Crippen molar-refractivity contribution in [3.63, 3.8) is 0 Å². The minimum Gasteiger partial charge on any atom is -0.492 e. The van der Waals surface area contributed by atoms with Crippen molar-refractivity contribution in [3.05, 3.63) is 27.7 Å². The second-order valence-corrected chi connectivity index (χ2v) is 6.82. The highest BCUT2D eigenvalue weighted by atomic mass is 79.9. The van der Waals surface area contributed by atoms with E-state index < -0.39 is 0 Å². The van der Waals surface area contributed by atoms with Crippen LogP contribution >= 0.6 is 40.2 Å². The van der Waals surface area contributed by atoms with Crippen LogP contribution in [0.3, 0.4) is 0 Å². The molecular weight excluding hydrogens is 320 g/mol. The summed E-state index contributed by atoms with van der Waals surface area (Å²) < 4.78 is 6.72. The molecule has 1 atom stereocenters. The third kappa shape index (κ3) is 4.72. The summed E-state index contributed by atoms with van der Waals surface area (Å²) in [5.74, 6) is 1.92. The van der Waals surface area contributed by atoms with Crippen molar-refractivity contribution in [2.45, 2.75) is 20.8 Å². The van der Waals surface area contributed by atoms with E-state index >= 15 is 0 Å². The Morgan fingerprint density at radius 3 is 2.53 bits per heavy atom. The van der Waals surface area contributed by atoms with E-state index in [9.17, 15) is 0 Å². The fourth-order valence-corrected chi connectivity index (χ4v) is 2.74. The highest BCUT2D eigenvalue weighted by Gasteiger charge is 2.24. The van der Waals surface area contributed by atoms with E-state index in [0.717, 1.165) is 16.0 Å². The van der Waals surface area contributed by atoms with Gasteiger partial charge in [0.25, 0.3) is 0 Å². The van der Waals surface area contributed by atoms with Crippen molar-refractivity contribution in [2.24, 2.45) is 11.3 Å². The van der Waals surface area contributed by atoms with Crippen molar-refractivity contribution in [2.75, 3.05) is 12.4 Å². The van der Waals surface area contributed by atoms with Gasteiger partial charge < -0.3 is 4.74 Å². The largest absolute Gasteiger partial charge is 0.492 e. The maximum Gasteiger partial charge on any atom is 0.137 e. The molecule has 1 aromatic carbocycles. The summed E-state index contributed by atoms with van der Waals surface area (Å²) in [6.45, 7) is 7.22. The van der Waals surface area contributed by atoms with Crippen LogP contribution < -0.4 is 4.74 Å². The van der Waals surface area contributed by atoms with Crippen LogP contribution in [0.5, 0.6) is 5.75 Å². The number of rotatable bonds is 4. The normalized spacial score (nSPS) is 13.5. The van der Waals surface area contributed by atoms with Gasteiger partial charge in [-0.25, -0.2) is 0 Å². The van der Waals surface area contributed by atoms with Crippen LogP contribution in [-0.4, -0.2) is 12.4 Å². The molecule has 0 amide bonds. The second-order valence-electron chi connectivity index (χ2n) is 5.13. The van der Waals surface area contributed by atoms with Gasteiger partial charge in [0.15, 0.2) is 0 Å². The molecular formula is C13H18BrClOS. The molecule has 0 spiro atoms. The minimum absolute atomic E-state index is 0.184. The van der Waals surface area contributed by atoms with Crippen molar-refractivity contribution >= 4 is 40.2 Å². The Labute approximate surface area is 122 Å². The molecule has 96 valence electrons. The predicted octanol–water partition coefficient (Wildman–Crippen LogP) is 5.07. The fraction of sp³-hybridized carbons (Fsp3) is 0.538. The zero-order valence-electron chi connectivity index (χ0n) is 10.3. The van der Waals surface area contributed by atoms with Gasteiger partial charge in [0.2, 0.25) is 0 Å². The Kier molecular flexibility index (Phi) is 5.68. The van der Waals surface area contributed by atoms with Gasteiger partial charge in [-0.15, -0.1) is 0 Å². The first-order chi connectivity index (χ1) is 7.84. The molecule has 0 aliphatic heterocycles. The zero-order valence-corrected chi connectivity index (χ0v) is 13.6. The van der Waals surface area contributed by atoms with Crippen LogP contribution in [0, 0.1) is 11.3 Å². The first-order valence-electron chi connectivity index (χ1n) is 5.53. The SMILES string of the molecule is CC(C)(C)C(CS)COc1ccc(Br)cc1Cl. The number of hydrogen-bond acceptors (Lipinski definition) is 2. The van der Waals surface area contributed by atoms with Gasteiger partial charge in [0.1, 0.15) is 5.75 Å². The van der Waals surface area contributed by atoms with Gasteiger partial charge in [-0.05, 0) is 29.4 Å². The van der Waals surface area contributed by atoms with Crippen molar-refractivity contribution in [1.82, 2.24) is 0 Å². The molecule has 0 N–H and O–H groups in total. The molecule has 0 fully saturated rings. The van der Waals surface area contributed by atoms with Crippen LogP contribution in [0.4, 0.5) is 0 Å². The molecule has 1 aromatic rings. The quantitative estimate of drug-likeness (QED) is 0.754. The summed E-state index contributed by atoms with van der Waals surface area (Å²) in [6.07, 6.45) is 0. The van der Waals surface area contributed by atoms with Crippen LogP contribution in [0.2, 0.25) is 5.02 Å². The Bertz CT molecular complexity index is 376. The van der Waals surface area contributed by atoms with E-state index in [0.29, 0.717) is 17.5 Å². The van der Waals surface area contributed by atoms with Crippen LogP contribution in [-0.2, 0) is 0 Å². The van der Waals surface area contributed by atoms with E-state index in [1.54, 1.807) is 0 Å². The third-order valence-corrected chi connectivity index (χ3v) is 4.01. The maximum atomic E-state index is 6.10. The Balaban J connectivity index is 2.66. The summed E-state index contributed by atoms with van der Waals surface area (Å²) in [4.78, 5) is 0. The Morgan fingerprint density at radius 2 is 2.06 bits per heavy atom. The van der Waals surface area contributed by atoms with Gasteiger partial charge >= 0.3 is 0 Å². The second kappa shape index (κ2) is 6.35. The molecule has 0 heterocycles. The molecule has 0 aliphatic rings. The lowest BCUT2D eigenvalue weighted by Crippen LogP contribution is -2.28. The van der Waals surface area contributed by atoms with Crippen LogP contribution in [0.25, 0.3) is 0 Å². The molecule has 0 saturated heterocycles. The van der Waals surface area contributed by atoms with Crippen LogP contribution in [0.1, 0.15) is 20.8 Å². The molecule has 0 radical (unpaired) electrons. The third-order valence-electron chi connectivity index (χ3n) is 2.78. The van der Waals surface area contributed by atoms with Crippen molar-refractivity contribution in [3.8, 4) is 5.75 Å². The van der Waals surface area contributed by atoms with Gasteiger partial charge in [0, 0.05) is 10.4 Å². The molecule has 1 unspecified atom stereocenters. The van der Waals surface area contributed by atoms with Crippen molar-refractivity contribution < 1.29 is 4.74 Å². The maximum absolute atomic E-state index is 6.10.